The van der Waals surface area contributed by atoms with Crippen LogP contribution >= 0.6 is 0 Å². The monoisotopic (exact) mass is 237 g/mol. The van der Waals surface area contributed by atoms with Gasteiger partial charge in [0.25, 0.3) is 0 Å². The topological polar surface area (TPSA) is 30.5 Å². The molecule has 0 spiro atoms. The Kier molecular flexibility index (Phi) is 6.67. The van der Waals surface area contributed by atoms with Crippen molar-refractivity contribution in [3.63, 3.8) is 0 Å². The molecule has 0 amide bonds. The lowest BCUT2D eigenvalue weighted by Crippen LogP contribution is -2.20. The summed E-state index contributed by atoms with van der Waals surface area (Å²) in [4.78, 5) is 0. The molecule has 0 unspecified atom stereocenters. The predicted molar refractivity (Wildman–Crippen MR) is 70.8 cm³/mol. The van der Waals surface area contributed by atoms with Crippen molar-refractivity contribution in [2.24, 2.45) is 0 Å². The minimum atomic E-state index is 0.608. The lowest BCUT2D eigenvalue weighted by Gasteiger charge is -2.11. The summed E-state index contributed by atoms with van der Waals surface area (Å²) >= 11 is 0. The first kappa shape index (κ1) is 14.0. The molecule has 0 fully saturated rings. The highest BCUT2D eigenvalue weighted by Gasteiger charge is 2.00. The standard InChI is InChI=1S/C14H23NO2/c1-4-15-8-9-16-10-11-17-14-7-5-6-12(2)13(14)3/h5-7,15H,4,8-11H2,1-3H3. The number of aryl methyl sites for hydroxylation is 1. The number of hydrogen-bond acceptors (Lipinski definition) is 3. The maximum Gasteiger partial charge on any atom is 0.122 e. The van der Waals surface area contributed by atoms with Gasteiger partial charge in [0.2, 0.25) is 0 Å². The van der Waals surface area contributed by atoms with Gasteiger partial charge in [-0.15, -0.1) is 0 Å². The second kappa shape index (κ2) is 8.09. The Hall–Kier alpha value is -1.06. The van der Waals surface area contributed by atoms with E-state index in [0.29, 0.717) is 13.2 Å². The number of likely N-dealkylation sites (N-methyl/N-ethyl adjacent to an activating group) is 1. The van der Waals surface area contributed by atoms with E-state index in [1.807, 2.05) is 12.1 Å². The van der Waals surface area contributed by atoms with Crippen LogP contribution in [0.15, 0.2) is 18.2 Å². The molecule has 0 saturated heterocycles. The Balaban J connectivity index is 2.16. The fourth-order valence-electron chi connectivity index (χ4n) is 1.51. The number of rotatable bonds is 8. The van der Waals surface area contributed by atoms with E-state index in [-0.39, 0.29) is 0 Å². The third kappa shape index (κ3) is 5.20. The summed E-state index contributed by atoms with van der Waals surface area (Å²) < 4.78 is 11.1. The van der Waals surface area contributed by atoms with E-state index in [1.165, 1.54) is 11.1 Å². The van der Waals surface area contributed by atoms with E-state index in [4.69, 9.17) is 9.47 Å². The van der Waals surface area contributed by atoms with E-state index in [0.717, 1.165) is 25.4 Å². The van der Waals surface area contributed by atoms with Gasteiger partial charge in [0.05, 0.1) is 13.2 Å². The molecule has 3 heteroatoms. The van der Waals surface area contributed by atoms with Crippen LogP contribution in [0.25, 0.3) is 0 Å². The summed E-state index contributed by atoms with van der Waals surface area (Å²) in [5.74, 6) is 0.959. The highest BCUT2D eigenvalue weighted by molar-refractivity contribution is 5.38. The third-order valence-corrected chi connectivity index (χ3v) is 2.71. The van der Waals surface area contributed by atoms with Gasteiger partial charge in [0.1, 0.15) is 12.4 Å². The van der Waals surface area contributed by atoms with Crippen molar-refractivity contribution in [2.45, 2.75) is 20.8 Å². The summed E-state index contributed by atoms with van der Waals surface area (Å²) in [6.07, 6.45) is 0. The quantitative estimate of drug-likeness (QED) is 0.704. The van der Waals surface area contributed by atoms with Crippen LogP contribution in [0.4, 0.5) is 0 Å². The second-order valence-electron chi connectivity index (χ2n) is 4.01. The van der Waals surface area contributed by atoms with Crippen molar-refractivity contribution >= 4 is 0 Å². The van der Waals surface area contributed by atoms with Crippen LogP contribution in [0.5, 0.6) is 5.75 Å². The lowest BCUT2D eigenvalue weighted by atomic mass is 10.1. The highest BCUT2D eigenvalue weighted by Crippen LogP contribution is 2.20. The smallest absolute Gasteiger partial charge is 0.122 e. The Labute approximate surface area is 104 Å². The summed E-state index contributed by atoms with van der Waals surface area (Å²) in [6, 6.07) is 6.11. The zero-order chi connectivity index (χ0) is 12.5. The molecular weight excluding hydrogens is 214 g/mol. The largest absolute Gasteiger partial charge is 0.491 e. The molecule has 17 heavy (non-hydrogen) atoms. The number of nitrogens with one attached hydrogen (secondary N) is 1. The highest BCUT2D eigenvalue weighted by atomic mass is 16.5. The zero-order valence-electron chi connectivity index (χ0n) is 11.1. The Bertz CT molecular complexity index is 326. The second-order valence-corrected chi connectivity index (χ2v) is 4.01. The fourth-order valence-corrected chi connectivity index (χ4v) is 1.51. The average molecular weight is 237 g/mol. The predicted octanol–water partition coefficient (Wildman–Crippen LogP) is 2.31. The van der Waals surface area contributed by atoms with Gasteiger partial charge in [-0.25, -0.2) is 0 Å². The summed E-state index contributed by atoms with van der Waals surface area (Å²) in [6.45, 7) is 10.1. The van der Waals surface area contributed by atoms with Crippen molar-refractivity contribution in [1.82, 2.24) is 5.32 Å². The van der Waals surface area contributed by atoms with Crippen LogP contribution in [-0.4, -0.2) is 32.9 Å². The molecule has 0 aliphatic rings. The van der Waals surface area contributed by atoms with Crippen LogP contribution in [0, 0.1) is 13.8 Å². The Morgan fingerprint density at radius 3 is 2.71 bits per heavy atom. The summed E-state index contributed by atoms with van der Waals surface area (Å²) in [5.41, 5.74) is 2.47. The first-order valence-electron chi connectivity index (χ1n) is 6.23. The molecule has 96 valence electrons. The maximum absolute atomic E-state index is 5.68. The molecule has 0 saturated carbocycles. The van der Waals surface area contributed by atoms with Gasteiger partial charge < -0.3 is 14.8 Å². The van der Waals surface area contributed by atoms with Gasteiger partial charge in [0.15, 0.2) is 0 Å². The molecule has 0 aliphatic heterocycles. The van der Waals surface area contributed by atoms with Crippen molar-refractivity contribution in [2.75, 3.05) is 32.9 Å². The van der Waals surface area contributed by atoms with E-state index in [9.17, 15) is 0 Å². The van der Waals surface area contributed by atoms with Crippen LogP contribution in [0.3, 0.4) is 0 Å². The van der Waals surface area contributed by atoms with Gasteiger partial charge in [-0.3, -0.25) is 0 Å². The Morgan fingerprint density at radius 1 is 1.12 bits per heavy atom. The third-order valence-electron chi connectivity index (χ3n) is 2.71. The summed E-state index contributed by atoms with van der Waals surface area (Å²) in [5, 5.41) is 3.21. The molecule has 1 rings (SSSR count). The number of hydrogen-bond donors (Lipinski definition) is 1. The van der Waals surface area contributed by atoms with Crippen LogP contribution < -0.4 is 10.1 Å². The molecule has 0 radical (unpaired) electrons. The molecule has 1 aromatic carbocycles. The number of ether oxygens (including phenoxy) is 2. The lowest BCUT2D eigenvalue weighted by molar-refractivity contribution is 0.102. The molecule has 0 bridgehead atoms. The minimum absolute atomic E-state index is 0.608. The molecule has 0 aliphatic carbocycles. The van der Waals surface area contributed by atoms with Crippen molar-refractivity contribution in [3.8, 4) is 5.75 Å². The first-order valence-corrected chi connectivity index (χ1v) is 6.23. The van der Waals surface area contributed by atoms with Gasteiger partial charge >= 0.3 is 0 Å². The maximum atomic E-state index is 5.68. The molecule has 3 nitrogen and oxygen atoms in total. The fraction of sp³-hybridized carbons (Fsp3) is 0.571. The van der Waals surface area contributed by atoms with Crippen molar-refractivity contribution in [1.29, 1.82) is 0 Å². The molecule has 0 atom stereocenters. The molecular formula is C14H23NO2. The van der Waals surface area contributed by atoms with Crippen molar-refractivity contribution < 1.29 is 9.47 Å². The van der Waals surface area contributed by atoms with Crippen LogP contribution in [0.2, 0.25) is 0 Å². The van der Waals surface area contributed by atoms with Gasteiger partial charge in [-0.05, 0) is 37.6 Å². The minimum Gasteiger partial charge on any atom is -0.491 e. The normalized spacial score (nSPS) is 10.5. The summed E-state index contributed by atoms with van der Waals surface area (Å²) in [7, 11) is 0. The zero-order valence-corrected chi connectivity index (χ0v) is 11.1. The van der Waals surface area contributed by atoms with E-state index >= 15 is 0 Å². The molecule has 1 aromatic rings. The SMILES string of the molecule is CCNCCOCCOc1cccc(C)c1C. The van der Waals surface area contributed by atoms with E-state index < -0.39 is 0 Å². The van der Waals surface area contributed by atoms with Gasteiger partial charge in [0, 0.05) is 6.54 Å². The van der Waals surface area contributed by atoms with Crippen molar-refractivity contribution in [3.05, 3.63) is 29.3 Å². The van der Waals surface area contributed by atoms with Crippen LogP contribution in [0.1, 0.15) is 18.1 Å². The van der Waals surface area contributed by atoms with Gasteiger partial charge in [-0.2, -0.15) is 0 Å². The molecule has 0 aromatic heterocycles. The van der Waals surface area contributed by atoms with Gasteiger partial charge in [-0.1, -0.05) is 19.1 Å². The number of benzene rings is 1. The Morgan fingerprint density at radius 2 is 1.94 bits per heavy atom. The first-order chi connectivity index (χ1) is 8.25. The van der Waals surface area contributed by atoms with E-state index in [2.05, 4.69) is 32.2 Å². The molecule has 1 N–H and O–H groups in total. The average Bonchev–Trinajstić information content (AvgIpc) is 2.33. The molecule has 0 heterocycles. The van der Waals surface area contributed by atoms with E-state index in [1.54, 1.807) is 0 Å². The van der Waals surface area contributed by atoms with Crippen LogP contribution in [-0.2, 0) is 4.74 Å².